The van der Waals surface area contributed by atoms with E-state index >= 15 is 0 Å². The van der Waals surface area contributed by atoms with Crippen LogP contribution >= 0.6 is 0 Å². The minimum atomic E-state index is -4.14. The smallest absolute Gasteiger partial charge is 0.322 e. The minimum absolute atomic E-state index is 0.0137. The Hall–Kier alpha value is -1.91. The molecule has 1 aromatic heterocycles. The number of hydrogen-bond acceptors (Lipinski definition) is 5. The van der Waals surface area contributed by atoms with Gasteiger partial charge in [-0.05, 0) is 6.07 Å². The lowest BCUT2D eigenvalue weighted by Gasteiger charge is -2.19. The van der Waals surface area contributed by atoms with E-state index in [1.807, 2.05) is 0 Å². The molecule has 1 aromatic rings. The van der Waals surface area contributed by atoms with E-state index in [0.29, 0.717) is 0 Å². The molecule has 0 aliphatic carbocycles. The topological polar surface area (TPSA) is 143 Å². The first kappa shape index (κ1) is 15.5. The number of carbonyl (C=O) groups excluding carboxylic acids is 1. The Kier molecular flexibility index (Phi) is 3.78. The number of primary amides is 1. The van der Waals surface area contributed by atoms with Crippen LogP contribution < -0.4 is 5.73 Å². The summed E-state index contributed by atoms with van der Waals surface area (Å²) in [5.41, 5.74) is 5.11. The summed E-state index contributed by atoms with van der Waals surface area (Å²) in [6.45, 7) is -0.305. The summed E-state index contributed by atoms with van der Waals surface area (Å²) in [6.07, 6.45) is -0.0384. The molecule has 2 unspecified atom stereocenters. The summed E-state index contributed by atoms with van der Waals surface area (Å²) >= 11 is 0. The summed E-state index contributed by atoms with van der Waals surface area (Å²) in [5, 5.41) is 18.6. The number of nitrogens with two attached hydrogens (primary N) is 1. The number of amides is 1. The number of rotatable bonds is 4. The van der Waals surface area contributed by atoms with E-state index < -0.39 is 34.0 Å². The average Bonchev–Trinajstić information content (AvgIpc) is 2.93. The zero-order valence-corrected chi connectivity index (χ0v) is 11.9. The quantitative estimate of drug-likeness (QED) is 0.606. The number of β-amino-alcohol motifs (C(OH)–C–C–N with tert-alkyl or cyclic N) is 1. The van der Waals surface area contributed by atoms with Crippen molar-refractivity contribution in [2.75, 3.05) is 6.54 Å². The Morgan fingerprint density at radius 1 is 1.43 bits per heavy atom. The number of aliphatic carboxylic acids is 1. The third kappa shape index (κ3) is 2.64. The van der Waals surface area contributed by atoms with Crippen LogP contribution in [0, 0.1) is 0 Å². The number of carboxylic acids is 1. The second-order valence-corrected chi connectivity index (χ2v) is 6.75. The van der Waals surface area contributed by atoms with Crippen LogP contribution in [0.2, 0.25) is 0 Å². The van der Waals surface area contributed by atoms with Crippen LogP contribution in [0.3, 0.4) is 0 Å². The fraction of sp³-hybridized carbons (Fsp3) is 0.455. The molecule has 116 valence electrons. The number of hydrogen-bond donors (Lipinski definition) is 3. The van der Waals surface area contributed by atoms with Gasteiger partial charge in [0.2, 0.25) is 10.0 Å². The molecule has 21 heavy (non-hydrogen) atoms. The van der Waals surface area contributed by atoms with Crippen LogP contribution in [0.4, 0.5) is 0 Å². The second-order valence-electron chi connectivity index (χ2n) is 4.85. The highest BCUT2D eigenvalue weighted by atomic mass is 32.2. The number of carboxylic acid groups (broad SMARTS) is 1. The molecular weight excluding hydrogens is 302 g/mol. The monoisotopic (exact) mass is 317 g/mol. The Morgan fingerprint density at radius 3 is 2.52 bits per heavy atom. The molecule has 2 heterocycles. The van der Waals surface area contributed by atoms with Crippen LogP contribution in [-0.2, 0) is 21.9 Å². The van der Waals surface area contributed by atoms with Gasteiger partial charge in [0.15, 0.2) is 0 Å². The van der Waals surface area contributed by atoms with Crippen molar-refractivity contribution in [1.82, 2.24) is 8.87 Å². The highest BCUT2D eigenvalue weighted by Crippen LogP contribution is 2.27. The van der Waals surface area contributed by atoms with Gasteiger partial charge in [-0.2, -0.15) is 4.31 Å². The van der Waals surface area contributed by atoms with Crippen molar-refractivity contribution in [3.05, 3.63) is 18.0 Å². The molecule has 1 fully saturated rings. The van der Waals surface area contributed by atoms with E-state index in [1.165, 1.54) is 17.8 Å². The Balaban J connectivity index is 2.44. The predicted octanol–water partition coefficient (Wildman–Crippen LogP) is -1.67. The van der Waals surface area contributed by atoms with Crippen molar-refractivity contribution in [3.8, 4) is 0 Å². The van der Waals surface area contributed by atoms with E-state index in [0.717, 1.165) is 10.4 Å². The van der Waals surface area contributed by atoms with Crippen molar-refractivity contribution in [2.45, 2.75) is 23.5 Å². The number of aliphatic hydroxyl groups excluding tert-OH is 1. The molecule has 4 N–H and O–H groups in total. The Morgan fingerprint density at radius 2 is 2.05 bits per heavy atom. The van der Waals surface area contributed by atoms with Gasteiger partial charge in [0.25, 0.3) is 5.91 Å². The molecule has 0 spiro atoms. The van der Waals surface area contributed by atoms with Crippen molar-refractivity contribution < 1.29 is 28.2 Å². The van der Waals surface area contributed by atoms with Gasteiger partial charge < -0.3 is 20.5 Å². The molecule has 9 nitrogen and oxygen atoms in total. The first-order chi connectivity index (χ1) is 9.64. The number of sulfonamides is 1. The summed E-state index contributed by atoms with van der Waals surface area (Å²) in [7, 11) is -2.69. The average molecular weight is 317 g/mol. The van der Waals surface area contributed by atoms with Crippen LogP contribution in [0.15, 0.2) is 17.2 Å². The van der Waals surface area contributed by atoms with E-state index in [-0.39, 0.29) is 23.6 Å². The van der Waals surface area contributed by atoms with Gasteiger partial charge in [0.05, 0.1) is 6.10 Å². The third-order valence-electron chi connectivity index (χ3n) is 3.36. The lowest BCUT2D eigenvalue weighted by atomic mass is 10.2. The maximum Gasteiger partial charge on any atom is 0.322 e. The largest absolute Gasteiger partial charge is 0.480 e. The van der Waals surface area contributed by atoms with Crippen LogP contribution in [-0.4, -0.2) is 58.1 Å². The number of aliphatic hydroxyl groups is 1. The van der Waals surface area contributed by atoms with Gasteiger partial charge in [0.1, 0.15) is 16.6 Å². The maximum atomic E-state index is 12.5. The van der Waals surface area contributed by atoms with Gasteiger partial charge in [-0.1, -0.05) is 0 Å². The molecule has 1 saturated heterocycles. The molecule has 0 aromatic carbocycles. The summed E-state index contributed by atoms with van der Waals surface area (Å²) in [4.78, 5) is 22.0. The summed E-state index contributed by atoms with van der Waals surface area (Å²) in [6, 6.07) is -0.247. The summed E-state index contributed by atoms with van der Waals surface area (Å²) < 4.78 is 26.9. The van der Waals surface area contributed by atoms with Gasteiger partial charge in [-0.15, -0.1) is 0 Å². The highest BCUT2D eigenvalue weighted by Gasteiger charge is 2.44. The fourth-order valence-corrected chi connectivity index (χ4v) is 4.03. The third-order valence-corrected chi connectivity index (χ3v) is 5.20. The highest BCUT2D eigenvalue weighted by molar-refractivity contribution is 7.89. The second kappa shape index (κ2) is 5.13. The zero-order valence-electron chi connectivity index (χ0n) is 11.1. The van der Waals surface area contributed by atoms with Gasteiger partial charge in [-0.25, -0.2) is 8.42 Å². The molecule has 2 rings (SSSR count). The maximum absolute atomic E-state index is 12.5. The molecule has 0 saturated carbocycles. The predicted molar refractivity (Wildman–Crippen MR) is 69.9 cm³/mol. The molecule has 10 heteroatoms. The molecule has 1 aliphatic rings. The standard InChI is InChI=1S/C11H15N3O6S/c1-13-5-7(3-8(13)10(12)16)21(19,20)14-4-6(15)2-9(14)11(17)18/h3,5-6,9,15H,2,4H2,1H3,(H2,12,16)(H,17,18). The molecule has 2 atom stereocenters. The van der Waals surface area contributed by atoms with E-state index in [9.17, 15) is 23.1 Å². The summed E-state index contributed by atoms with van der Waals surface area (Å²) in [5.74, 6) is -2.13. The lowest BCUT2D eigenvalue weighted by molar-refractivity contribution is -0.140. The normalized spacial score (nSPS) is 23.3. The molecule has 0 bridgehead atoms. The van der Waals surface area contributed by atoms with Gasteiger partial charge in [0, 0.05) is 26.2 Å². The molecular formula is C11H15N3O6S. The van der Waals surface area contributed by atoms with E-state index in [2.05, 4.69) is 0 Å². The van der Waals surface area contributed by atoms with Crippen molar-refractivity contribution in [3.63, 3.8) is 0 Å². The number of aryl methyl sites for hydroxylation is 1. The molecule has 1 amide bonds. The van der Waals surface area contributed by atoms with Gasteiger partial charge >= 0.3 is 5.97 Å². The minimum Gasteiger partial charge on any atom is -0.480 e. The van der Waals surface area contributed by atoms with Crippen LogP contribution in [0.25, 0.3) is 0 Å². The first-order valence-corrected chi connectivity index (χ1v) is 7.47. The van der Waals surface area contributed by atoms with E-state index in [1.54, 1.807) is 0 Å². The number of nitrogens with zero attached hydrogens (tertiary/aromatic N) is 2. The van der Waals surface area contributed by atoms with E-state index in [4.69, 9.17) is 10.8 Å². The Labute approximate surface area is 120 Å². The first-order valence-electron chi connectivity index (χ1n) is 6.03. The zero-order chi connectivity index (χ0) is 15.9. The van der Waals surface area contributed by atoms with Crippen LogP contribution in [0.5, 0.6) is 0 Å². The molecule has 1 aliphatic heterocycles. The molecule has 0 radical (unpaired) electrons. The number of carbonyl (C=O) groups is 2. The lowest BCUT2D eigenvalue weighted by Crippen LogP contribution is -2.40. The van der Waals surface area contributed by atoms with Crippen molar-refractivity contribution in [2.24, 2.45) is 12.8 Å². The fourth-order valence-electron chi connectivity index (χ4n) is 2.33. The van der Waals surface area contributed by atoms with Crippen LogP contribution in [0.1, 0.15) is 16.9 Å². The van der Waals surface area contributed by atoms with Crippen molar-refractivity contribution >= 4 is 21.9 Å². The number of aromatic nitrogens is 1. The Bertz CT molecular complexity index is 695. The van der Waals surface area contributed by atoms with Crippen molar-refractivity contribution in [1.29, 1.82) is 0 Å². The van der Waals surface area contributed by atoms with Gasteiger partial charge in [-0.3, -0.25) is 9.59 Å². The SMILES string of the molecule is Cn1cc(S(=O)(=O)N2CC(O)CC2C(=O)O)cc1C(N)=O.